The van der Waals surface area contributed by atoms with Crippen molar-refractivity contribution < 1.29 is 0 Å². The summed E-state index contributed by atoms with van der Waals surface area (Å²) in [4.78, 5) is 0. The zero-order valence-corrected chi connectivity index (χ0v) is 11.2. The molecule has 1 heterocycles. The Kier molecular flexibility index (Phi) is 3.25. The quantitative estimate of drug-likeness (QED) is 0.860. The standard InChI is InChI=1S/C15H22N2/c1-10(2)17-9-13(8-12(4)16)14-7-11(3)5-6-15(14)17/h5-7,9-10,12H,8,16H2,1-4H3. The molecule has 0 saturated heterocycles. The average molecular weight is 230 g/mol. The molecule has 0 amide bonds. The molecule has 0 aliphatic carbocycles. The maximum atomic E-state index is 5.93. The molecule has 2 aromatic rings. The molecule has 2 N–H and O–H groups in total. The Labute approximate surface area is 103 Å². The normalized spacial score (nSPS) is 13.5. The van der Waals surface area contributed by atoms with Gasteiger partial charge in [-0.3, -0.25) is 0 Å². The second-order valence-electron chi connectivity index (χ2n) is 5.36. The van der Waals surface area contributed by atoms with E-state index in [-0.39, 0.29) is 6.04 Å². The smallest absolute Gasteiger partial charge is 0.0485 e. The molecule has 1 unspecified atom stereocenters. The molecule has 0 aliphatic heterocycles. The Morgan fingerprint density at radius 3 is 2.53 bits per heavy atom. The van der Waals surface area contributed by atoms with Crippen LogP contribution in [0.25, 0.3) is 10.9 Å². The van der Waals surface area contributed by atoms with E-state index in [0.29, 0.717) is 6.04 Å². The van der Waals surface area contributed by atoms with Crippen LogP contribution in [0.2, 0.25) is 0 Å². The van der Waals surface area contributed by atoms with Crippen LogP contribution in [0.3, 0.4) is 0 Å². The predicted octanol–water partition coefficient (Wildman–Crippen LogP) is 3.42. The first kappa shape index (κ1) is 12.2. The highest BCUT2D eigenvalue weighted by atomic mass is 15.0. The van der Waals surface area contributed by atoms with Crippen LogP contribution in [0.15, 0.2) is 24.4 Å². The maximum Gasteiger partial charge on any atom is 0.0485 e. The second kappa shape index (κ2) is 4.53. The fourth-order valence-electron chi connectivity index (χ4n) is 2.38. The molecular weight excluding hydrogens is 208 g/mol. The van der Waals surface area contributed by atoms with Gasteiger partial charge in [0, 0.05) is 29.2 Å². The first-order valence-corrected chi connectivity index (χ1v) is 6.34. The Hall–Kier alpha value is -1.28. The van der Waals surface area contributed by atoms with E-state index in [4.69, 9.17) is 5.73 Å². The van der Waals surface area contributed by atoms with Gasteiger partial charge in [-0.2, -0.15) is 0 Å². The van der Waals surface area contributed by atoms with Gasteiger partial charge < -0.3 is 10.3 Å². The molecule has 0 aliphatic rings. The molecule has 2 rings (SSSR count). The number of hydrogen-bond donors (Lipinski definition) is 1. The van der Waals surface area contributed by atoms with Crippen molar-refractivity contribution in [2.24, 2.45) is 5.73 Å². The van der Waals surface area contributed by atoms with Gasteiger partial charge in [0.05, 0.1) is 0 Å². The van der Waals surface area contributed by atoms with E-state index in [2.05, 4.69) is 56.7 Å². The lowest BCUT2D eigenvalue weighted by atomic mass is 10.1. The summed E-state index contributed by atoms with van der Waals surface area (Å²) in [5.41, 5.74) is 9.93. The molecule has 0 radical (unpaired) electrons. The van der Waals surface area contributed by atoms with Gasteiger partial charge in [0.1, 0.15) is 0 Å². The third-order valence-electron chi connectivity index (χ3n) is 3.17. The predicted molar refractivity (Wildman–Crippen MR) is 74.4 cm³/mol. The van der Waals surface area contributed by atoms with E-state index in [9.17, 15) is 0 Å². The monoisotopic (exact) mass is 230 g/mol. The molecule has 1 aromatic heterocycles. The van der Waals surface area contributed by atoms with Gasteiger partial charge in [-0.15, -0.1) is 0 Å². The Morgan fingerprint density at radius 1 is 1.24 bits per heavy atom. The number of nitrogens with two attached hydrogens (primary N) is 1. The van der Waals surface area contributed by atoms with Crippen LogP contribution in [-0.2, 0) is 6.42 Å². The number of hydrogen-bond acceptors (Lipinski definition) is 1. The summed E-state index contributed by atoms with van der Waals surface area (Å²) < 4.78 is 2.34. The van der Waals surface area contributed by atoms with Crippen molar-refractivity contribution in [3.63, 3.8) is 0 Å². The SMILES string of the molecule is Cc1ccc2c(c1)c(CC(C)N)cn2C(C)C. The summed E-state index contributed by atoms with van der Waals surface area (Å²) in [5, 5.41) is 1.36. The van der Waals surface area contributed by atoms with Crippen molar-refractivity contribution in [1.82, 2.24) is 4.57 Å². The Balaban J connectivity index is 2.62. The van der Waals surface area contributed by atoms with Crippen LogP contribution < -0.4 is 5.73 Å². The topological polar surface area (TPSA) is 30.9 Å². The molecule has 0 bridgehead atoms. The third-order valence-corrected chi connectivity index (χ3v) is 3.17. The van der Waals surface area contributed by atoms with Gasteiger partial charge in [-0.1, -0.05) is 11.6 Å². The Morgan fingerprint density at radius 2 is 1.94 bits per heavy atom. The van der Waals surface area contributed by atoms with Crippen molar-refractivity contribution in [3.8, 4) is 0 Å². The largest absolute Gasteiger partial charge is 0.345 e. The van der Waals surface area contributed by atoms with Gasteiger partial charge in [0.25, 0.3) is 0 Å². The number of rotatable bonds is 3. The molecule has 2 nitrogen and oxygen atoms in total. The lowest BCUT2D eigenvalue weighted by Crippen LogP contribution is -2.17. The highest BCUT2D eigenvalue weighted by Gasteiger charge is 2.11. The number of aromatic nitrogens is 1. The summed E-state index contributed by atoms with van der Waals surface area (Å²) >= 11 is 0. The molecule has 1 aromatic carbocycles. The number of benzene rings is 1. The first-order chi connectivity index (χ1) is 7.99. The van der Waals surface area contributed by atoms with E-state index in [0.717, 1.165) is 6.42 Å². The van der Waals surface area contributed by atoms with E-state index < -0.39 is 0 Å². The lowest BCUT2D eigenvalue weighted by Gasteiger charge is -2.08. The molecule has 92 valence electrons. The lowest BCUT2D eigenvalue weighted by molar-refractivity contribution is 0.618. The van der Waals surface area contributed by atoms with Crippen LogP contribution in [0.5, 0.6) is 0 Å². The highest BCUT2D eigenvalue weighted by molar-refractivity contribution is 5.85. The minimum atomic E-state index is 0.210. The fraction of sp³-hybridized carbons (Fsp3) is 0.467. The van der Waals surface area contributed by atoms with E-state index in [1.165, 1.54) is 22.0 Å². The maximum absolute atomic E-state index is 5.93. The van der Waals surface area contributed by atoms with Crippen LogP contribution >= 0.6 is 0 Å². The van der Waals surface area contributed by atoms with Gasteiger partial charge in [-0.25, -0.2) is 0 Å². The van der Waals surface area contributed by atoms with Crippen LogP contribution in [0, 0.1) is 6.92 Å². The van der Waals surface area contributed by atoms with Crippen LogP contribution in [0.1, 0.15) is 37.9 Å². The first-order valence-electron chi connectivity index (χ1n) is 6.34. The van der Waals surface area contributed by atoms with Crippen LogP contribution in [-0.4, -0.2) is 10.6 Å². The van der Waals surface area contributed by atoms with E-state index >= 15 is 0 Å². The summed E-state index contributed by atoms with van der Waals surface area (Å²) in [7, 11) is 0. The number of aryl methyl sites for hydroxylation is 1. The van der Waals surface area contributed by atoms with Crippen molar-refractivity contribution in [2.45, 2.75) is 46.2 Å². The fourth-order valence-corrected chi connectivity index (χ4v) is 2.38. The van der Waals surface area contributed by atoms with Gasteiger partial charge in [-0.05, 0) is 51.8 Å². The number of nitrogens with zero attached hydrogens (tertiary/aromatic N) is 1. The van der Waals surface area contributed by atoms with Crippen molar-refractivity contribution in [2.75, 3.05) is 0 Å². The minimum Gasteiger partial charge on any atom is -0.345 e. The highest BCUT2D eigenvalue weighted by Crippen LogP contribution is 2.26. The summed E-state index contributed by atoms with van der Waals surface area (Å²) in [5.74, 6) is 0. The zero-order chi connectivity index (χ0) is 12.6. The summed E-state index contributed by atoms with van der Waals surface area (Å²) in [6.45, 7) is 8.64. The molecule has 1 atom stereocenters. The molecule has 17 heavy (non-hydrogen) atoms. The van der Waals surface area contributed by atoms with Crippen molar-refractivity contribution >= 4 is 10.9 Å². The van der Waals surface area contributed by atoms with E-state index in [1.54, 1.807) is 0 Å². The molecule has 2 heteroatoms. The molecular formula is C15H22N2. The Bertz CT molecular complexity index is 521. The number of fused-ring (bicyclic) bond motifs is 1. The summed E-state index contributed by atoms with van der Waals surface area (Å²) in [6, 6.07) is 7.36. The second-order valence-corrected chi connectivity index (χ2v) is 5.36. The summed E-state index contributed by atoms with van der Waals surface area (Å²) in [6.07, 6.45) is 3.21. The molecule has 0 saturated carbocycles. The van der Waals surface area contributed by atoms with Gasteiger partial charge in [0.2, 0.25) is 0 Å². The van der Waals surface area contributed by atoms with Gasteiger partial charge >= 0.3 is 0 Å². The minimum absolute atomic E-state index is 0.210. The van der Waals surface area contributed by atoms with Crippen molar-refractivity contribution in [1.29, 1.82) is 0 Å². The van der Waals surface area contributed by atoms with Crippen molar-refractivity contribution in [3.05, 3.63) is 35.5 Å². The van der Waals surface area contributed by atoms with E-state index in [1.807, 2.05) is 0 Å². The van der Waals surface area contributed by atoms with Gasteiger partial charge in [0.15, 0.2) is 0 Å². The molecule has 0 spiro atoms. The third kappa shape index (κ3) is 2.37. The zero-order valence-electron chi connectivity index (χ0n) is 11.2. The van der Waals surface area contributed by atoms with Crippen LogP contribution in [0.4, 0.5) is 0 Å². The molecule has 0 fully saturated rings. The average Bonchev–Trinajstić information content (AvgIpc) is 2.56.